The van der Waals surface area contributed by atoms with E-state index >= 15 is 0 Å². The summed E-state index contributed by atoms with van der Waals surface area (Å²) in [6.45, 7) is 0.124. The molecule has 0 spiro atoms. The Morgan fingerprint density at radius 1 is 1.57 bits per heavy atom. The maximum atomic E-state index is 9.45. The molecule has 0 radical (unpaired) electrons. The number of hydrogen-bond donors (Lipinski definition) is 1. The summed E-state index contributed by atoms with van der Waals surface area (Å²) >= 11 is 0. The molecule has 3 heteroatoms. The maximum absolute atomic E-state index is 9.45. The third kappa shape index (κ3) is 10.7. The van der Waals surface area contributed by atoms with Gasteiger partial charge >= 0.3 is 0 Å². The van der Waals surface area contributed by atoms with Gasteiger partial charge in [0.05, 0.1) is 0 Å². The van der Waals surface area contributed by atoms with E-state index in [0.29, 0.717) is 12.8 Å². The van der Waals surface area contributed by atoms with Gasteiger partial charge in [-0.3, -0.25) is 0 Å². The van der Waals surface area contributed by atoms with Gasteiger partial charge in [-0.15, -0.1) is 0 Å². The molecule has 0 aliphatic rings. The molecule has 0 amide bonds. The maximum Gasteiger partial charge on any atom is 0.120 e. The van der Waals surface area contributed by atoms with Gasteiger partial charge in [-0.2, -0.15) is 0 Å². The molecule has 0 heterocycles. The van der Waals surface area contributed by atoms with Gasteiger partial charge in [0.1, 0.15) is 6.29 Å². The molecule has 0 saturated carbocycles. The molecule has 2 nitrogen and oxygen atoms in total. The van der Waals surface area contributed by atoms with Crippen LogP contribution in [-0.2, 0) is 25.9 Å². The van der Waals surface area contributed by atoms with E-state index in [1.807, 2.05) is 0 Å². The largest absolute Gasteiger partial charge is 0.396 e. The van der Waals surface area contributed by atoms with Crippen molar-refractivity contribution < 1.29 is 31.0 Å². The number of hydrogen-bond acceptors (Lipinski definition) is 2. The third-order valence-corrected chi connectivity index (χ3v) is 0.480. The van der Waals surface area contributed by atoms with Gasteiger partial charge in [0, 0.05) is 34.1 Å². The molecule has 0 bridgehead atoms. The Morgan fingerprint density at radius 3 is 2.29 bits per heavy atom. The molecule has 0 aromatic heterocycles. The fourth-order valence-corrected chi connectivity index (χ4v) is 0.175. The van der Waals surface area contributed by atoms with Gasteiger partial charge in [0.2, 0.25) is 0 Å². The summed E-state index contributed by atoms with van der Waals surface area (Å²) in [4.78, 5) is 9.45. The summed E-state index contributed by atoms with van der Waals surface area (Å²) in [6, 6.07) is 0. The van der Waals surface area contributed by atoms with Crippen LogP contribution in [0.15, 0.2) is 0 Å². The number of carbonyl (C=O) groups is 1. The molecule has 0 atom stereocenters. The summed E-state index contributed by atoms with van der Waals surface area (Å²) in [5.41, 5.74) is 0. The second-order valence-electron chi connectivity index (χ2n) is 1.03. The van der Waals surface area contributed by atoms with Crippen molar-refractivity contribution in [3.05, 3.63) is 0 Å². The molecule has 1 N–H and O–H groups in total. The summed E-state index contributed by atoms with van der Waals surface area (Å²) in [5, 5.41) is 8.04. The molecule has 7 heavy (non-hydrogen) atoms. The topological polar surface area (TPSA) is 37.3 Å². The minimum atomic E-state index is 0. The van der Waals surface area contributed by atoms with Crippen LogP contribution in [0.3, 0.4) is 0 Å². The molecule has 0 unspecified atom stereocenters. The Kier molecular flexibility index (Phi) is 14.1. The first-order chi connectivity index (χ1) is 2.91. The Labute approximate surface area is 57.2 Å². The van der Waals surface area contributed by atoms with Crippen LogP contribution in [0.2, 0.25) is 0 Å². The minimum absolute atomic E-state index is 0. The Balaban J connectivity index is 0. The third-order valence-electron chi connectivity index (χ3n) is 0.480. The van der Waals surface area contributed by atoms with Crippen molar-refractivity contribution in [2.45, 2.75) is 12.8 Å². The van der Waals surface area contributed by atoms with E-state index in [4.69, 9.17) is 5.11 Å². The first-order valence-electron chi connectivity index (χ1n) is 1.96. The van der Waals surface area contributed by atoms with Crippen LogP contribution in [-0.4, -0.2) is 18.0 Å². The van der Waals surface area contributed by atoms with E-state index in [1.54, 1.807) is 0 Å². The van der Waals surface area contributed by atoms with Crippen molar-refractivity contribution >= 4 is 6.29 Å². The molecule has 0 fully saturated rings. The Morgan fingerprint density at radius 2 is 2.14 bits per heavy atom. The van der Waals surface area contributed by atoms with E-state index < -0.39 is 0 Å². The molecular weight excluding hydrogens is 264 g/mol. The molecule has 42 valence electrons. The van der Waals surface area contributed by atoms with Gasteiger partial charge in [-0.05, 0) is 6.42 Å². The van der Waals surface area contributed by atoms with Crippen molar-refractivity contribution in [1.29, 1.82) is 0 Å². The molecule has 0 rings (SSSR count). The monoisotopic (exact) mass is 272 g/mol. The van der Waals surface area contributed by atoms with E-state index in [9.17, 15) is 4.79 Å². The number of unbranched alkanes of at least 4 members (excludes halogenated alkanes) is 1. The first kappa shape index (κ1) is 10.3. The number of aliphatic hydroxyl groups is 1. The zero-order valence-corrected chi connectivity index (χ0v) is 6.90. The molecule has 0 saturated heterocycles. The van der Waals surface area contributed by atoms with Gasteiger partial charge in [0.25, 0.3) is 0 Å². The molecular formula is C4H8O2W. The standard InChI is InChI=1S/C4H8O2.W/c5-3-1-2-4-6;/h3,6H,1-2,4H2;. The quantitative estimate of drug-likeness (QED) is 0.578. The Bertz CT molecular complexity index is 38.7. The zero-order chi connectivity index (χ0) is 4.83. The summed E-state index contributed by atoms with van der Waals surface area (Å²) < 4.78 is 0. The van der Waals surface area contributed by atoms with Crippen LogP contribution < -0.4 is 0 Å². The van der Waals surface area contributed by atoms with Crippen molar-refractivity contribution in [3.63, 3.8) is 0 Å². The number of carbonyl (C=O) groups excluding carboxylic acids is 1. The van der Waals surface area contributed by atoms with Gasteiger partial charge in [-0.1, -0.05) is 0 Å². The SMILES string of the molecule is O=CCCCO.[W]. The van der Waals surface area contributed by atoms with Gasteiger partial charge in [0.15, 0.2) is 0 Å². The summed E-state index contributed by atoms with van der Waals surface area (Å²) in [5.74, 6) is 0. The van der Waals surface area contributed by atoms with Crippen LogP contribution in [0.5, 0.6) is 0 Å². The average molecular weight is 272 g/mol. The normalized spacial score (nSPS) is 7.00. The molecule has 0 aromatic rings. The second kappa shape index (κ2) is 9.58. The van der Waals surface area contributed by atoms with E-state index in [2.05, 4.69) is 0 Å². The van der Waals surface area contributed by atoms with Crippen LogP contribution in [0.25, 0.3) is 0 Å². The second-order valence-corrected chi connectivity index (χ2v) is 1.03. The van der Waals surface area contributed by atoms with Crippen LogP contribution in [0, 0.1) is 0 Å². The zero-order valence-electron chi connectivity index (χ0n) is 3.96. The predicted molar refractivity (Wildman–Crippen MR) is 22.4 cm³/mol. The van der Waals surface area contributed by atoms with Crippen LogP contribution >= 0.6 is 0 Å². The molecule has 0 aromatic carbocycles. The smallest absolute Gasteiger partial charge is 0.120 e. The van der Waals surface area contributed by atoms with Gasteiger partial charge < -0.3 is 9.90 Å². The van der Waals surface area contributed by atoms with Crippen molar-refractivity contribution in [2.24, 2.45) is 0 Å². The van der Waals surface area contributed by atoms with E-state index in [1.165, 1.54) is 0 Å². The fourth-order valence-electron chi connectivity index (χ4n) is 0.175. The number of aldehydes is 1. The Hall–Kier alpha value is 0.318. The van der Waals surface area contributed by atoms with Crippen LogP contribution in [0.1, 0.15) is 12.8 Å². The number of aliphatic hydroxyl groups excluding tert-OH is 1. The van der Waals surface area contributed by atoms with E-state index in [0.717, 1.165) is 6.29 Å². The average Bonchev–Trinajstić information content (AvgIpc) is 1.61. The summed E-state index contributed by atoms with van der Waals surface area (Å²) in [7, 11) is 0. The molecule has 0 aliphatic heterocycles. The first-order valence-corrected chi connectivity index (χ1v) is 1.96. The summed E-state index contributed by atoms with van der Waals surface area (Å²) in [6.07, 6.45) is 1.89. The predicted octanol–water partition coefficient (Wildman–Crippen LogP) is -0.0447. The molecule has 0 aliphatic carbocycles. The van der Waals surface area contributed by atoms with Crippen LogP contribution in [0.4, 0.5) is 0 Å². The van der Waals surface area contributed by atoms with Crippen molar-refractivity contribution in [3.8, 4) is 0 Å². The van der Waals surface area contributed by atoms with Crippen molar-refractivity contribution in [1.82, 2.24) is 0 Å². The number of rotatable bonds is 3. The fraction of sp³-hybridized carbons (Fsp3) is 0.750. The van der Waals surface area contributed by atoms with Gasteiger partial charge in [-0.25, -0.2) is 0 Å². The van der Waals surface area contributed by atoms with E-state index in [-0.39, 0.29) is 27.7 Å². The van der Waals surface area contributed by atoms with Crippen molar-refractivity contribution in [2.75, 3.05) is 6.61 Å². The minimum Gasteiger partial charge on any atom is -0.396 e.